The highest BCUT2D eigenvalue weighted by Crippen LogP contribution is 2.01. The van der Waals surface area contributed by atoms with Crippen molar-refractivity contribution >= 4 is 6.08 Å². The third-order valence-corrected chi connectivity index (χ3v) is 1.43. The summed E-state index contributed by atoms with van der Waals surface area (Å²) in [6.07, 6.45) is 3.81. The quantitative estimate of drug-likeness (QED) is 0.645. The Morgan fingerprint density at radius 3 is 2.82 bits per heavy atom. The van der Waals surface area contributed by atoms with E-state index >= 15 is 0 Å². The first-order chi connectivity index (χ1) is 5.36. The summed E-state index contributed by atoms with van der Waals surface area (Å²) in [7, 11) is 0. The van der Waals surface area contributed by atoms with Gasteiger partial charge in [-0.3, -0.25) is 9.37 Å². The van der Waals surface area contributed by atoms with Gasteiger partial charge in [-0.05, 0) is 11.6 Å². The van der Waals surface area contributed by atoms with E-state index in [0.717, 1.165) is 11.3 Å². The molecule has 0 N–H and O–H groups in total. The SMILES string of the molecule is C=Cc1ccc(CCF)nc1. The molecule has 0 amide bonds. The molecule has 0 radical (unpaired) electrons. The van der Waals surface area contributed by atoms with Gasteiger partial charge in [-0.2, -0.15) is 0 Å². The Morgan fingerprint density at radius 2 is 2.36 bits per heavy atom. The van der Waals surface area contributed by atoms with Gasteiger partial charge in [0.25, 0.3) is 0 Å². The van der Waals surface area contributed by atoms with E-state index in [9.17, 15) is 4.39 Å². The molecule has 0 atom stereocenters. The highest BCUT2D eigenvalue weighted by atomic mass is 19.1. The van der Waals surface area contributed by atoms with Crippen molar-refractivity contribution in [3.05, 3.63) is 36.2 Å². The molecule has 0 fully saturated rings. The van der Waals surface area contributed by atoms with E-state index in [1.807, 2.05) is 12.1 Å². The van der Waals surface area contributed by atoms with Crippen molar-refractivity contribution in [2.24, 2.45) is 0 Å². The number of aryl methyl sites for hydroxylation is 1. The number of rotatable bonds is 3. The monoisotopic (exact) mass is 151 g/mol. The smallest absolute Gasteiger partial charge is 0.0949 e. The van der Waals surface area contributed by atoms with Crippen molar-refractivity contribution in [2.75, 3.05) is 6.67 Å². The summed E-state index contributed by atoms with van der Waals surface area (Å²) >= 11 is 0. The molecule has 0 aliphatic rings. The molecule has 11 heavy (non-hydrogen) atoms. The average molecular weight is 151 g/mol. The Labute approximate surface area is 65.6 Å². The maximum absolute atomic E-state index is 11.8. The van der Waals surface area contributed by atoms with Crippen LogP contribution < -0.4 is 0 Å². The number of pyridine rings is 1. The van der Waals surface area contributed by atoms with E-state index in [1.54, 1.807) is 12.3 Å². The van der Waals surface area contributed by atoms with Gasteiger partial charge in [0.2, 0.25) is 0 Å². The normalized spacial score (nSPS) is 9.55. The van der Waals surface area contributed by atoms with Gasteiger partial charge in [-0.15, -0.1) is 0 Å². The molecule has 1 aromatic heterocycles. The van der Waals surface area contributed by atoms with E-state index in [2.05, 4.69) is 11.6 Å². The fraction of sp³-hybridized carbons (Fsp3) is 0.222. The summed E-state index contributed by atoms with van der Waals surface area (Å²) in [5.74, 6) is 0. The fourth-order valence-electron chi connectivity index (χ4n) is 0.801. The first-order valence-corrected chi connectivity index (χ1v) is 3.50. The molecular weight excluding hydrogens is 141 g/mol. The predicted molar refractivity (Wildman–Crippen MR) is 44.0 cm³/mol. The highest BCUT2D eigenvalue weighted by Gasteiger charge is 1.92. The minimum Gasteiger partial charge on any atom is -0.261 e. The van der Waals surface area contributed by atoms with Crippen molar-refractivity contribution in [1.29, 1.82) is 0 Å². The maximum atomic E-state index is 11.8. The van der Waals surface area contributed by atoms with Crippen molar-refractivity contribution in [1.82, 2.24) is 4.98 Å². The molecule has 0 saturated carbocycles. The second kappa shape index (κ2) is 3.86. The number of hydrogen-bond acceptors (Lipinski definition) is 1. The molecule has 2 heteroatoms. The topological polar surface area (TPSA) is 12.9 Å². The molecule has 0 bridgehead atoms. The van der Waals surface area contributed by atoms with Crippen LogP contribution in [-0.2, 0) is 6.42 Å². The summed E-state index contributed by atoms with van der Waals surface area (Å²) in [5.41, 5.74) is 1.76. The van der Waals surface area contributed by atoms with Gasteiger partial charge < -0.3 is 0 Å². The lowest BCUT2D eigenvalue weighted by atomic mass is 10.2. The summed E-state index contributed by atoms with van der Waals surface area (Å²) in [5, 5.41) is 0. The molecule has 0 aromatic carbocycles. The largest absolute Gasteiger partial charge is 0.261 e. The number of alkyl halides is 1. The molecule has 1 heterocycles. The second-order valence-corrected chi connectivity index (χ2v) is 2.23. The summed E-state index contributed by atoms with van der Waals surface area (Å²) in [6, 6.07) is 3.70. The van der Waals surface area contributed by atoms with Gasteiger partial charge in [0.15, 0.2) is 0 Å². The second-order valence-electron chi connectivity index (χ2n) is 2.23. The first-order valence-electron chi connectivity index (χ1n) is 3.50. The summed E-state index contributed by atoms with van der Waals surface area (Å²) in [4.78, 5) is 4.03. The van der Waals surface area contributed by atoms with Crippen LogP contribution in [0.4, 0.5) is 4.39 Å². The predicted octanol–water partition coefficient (Wildman–Crippen LogP) is 2.24. The lowest BCUT2D eigenvalue weighted by Gasteiger charge is -1.95. The van der Waals surface area contributed by atoms with Gasteiger partial charge in [0.05, 0.1) is 6.67 Å². The van der Waals surface area contributed by atoms with Crippen LogP contribution in [0, 0.1) is 0 Å². The van der Waals surface area contributed by atoms with Crippen molar-refractivity contribution in [3.63, 3.8) is 0 Å². The first kappa shape index (κ1) is 7.92. The van der Waals surface area contributed by atoms with E-state index in [1.165, 1.54) is 0 Å². The minimum absolute atomic E-state index is 0.347. The van der Waals surface area contributed by atoms with E-state index in [4.69, 9.17) is 0 Å². The minimum atomic E-state index is -0.347. The summed E-state index contributed by atoms with van der Waals surface area (Å²) in [6.45, 7) is 3.25. The number of halogens is 1. The molecular formula is C9H10FN. The van der Waals surface area contributed by atoms with Gasteiger partial charge in [-0.25, -0.2) is 0 Å². The van der Waals surface area contributed by atoms with Crippen LogP contribution in [0.3, 0.4) is 0 Å². The van der Waals surface area contributed by atoms with Crippen LogP contribution in [0.5, 0.6) is 0 Å². The van der Waals surface area contributed by atoms with Gasteiger partial charge in [0.1, 0.15) is 0 Å². The Kier molecular flexibility index (Phi) is 2.78. The van der Waals surface area contributed by atoms with E-state index in [0.29, 0.717) is 6.42 Å². The molecule has 0 aliphatic carbocycles. The Hall–Kier alpha value is -1.18. The van der Waals surface area contributed by atoms with Crippen LogP contribution in [0.2, 0.25) is 0 Å². The lowest BCUT2D eigenvalue weighted by molar-refractivity contribution is 0.492. The zero-order valence-corrected chi connectivity index (χ0v) is 6.26. The Bertz CT molecular complexity index is 228. The summed E-state index contributed by atoms with van der Waals surface area (Å²) < 4.78 is 11.8. The molecule has 0 saturated heterocycles. The van der Waals surface area contributed by atoms with Crippen LogP contribution in [0.25, 0.3) is 6.08 Å². The van der Waals surface area contributed by atoms with Crippen molar-refractivity contribution in [2.45, 2.75) is 6.42 Å². The number of nitrogens with zero attached hydrogens (tertiary/aromatic N) is 1. The van der Waals surface area contributed by atoms with Gasteiger partial charge in [0, 0.05) is 18.3 Å². The van der Waals surface area contributed by atoms with E-state index in [-0.39, 0.29) is 6.67 Å². The standard InChI is InChI=1S/C9H10FN/c1-2-8-3-4-9(5-6-10)11-7-8/h2-4,7H,1,5-6H2. The molecule has 1 aromatic rings. The fourth-order valence-corrected chi connectivity index (χ4v) is 0.801. The molecule has 58 valence electrons. The third kappa shape index (κ3) is 2.15. The van der Waals surface area contributed by atoms with Gasteiger partial charge in [-0.1, -0.05) is 18.7 Å². The zero-order valence-electron chi connectivity index (χ0n) is 6.26. The molecule has 0 aliphatic heterocycles. The lowest BCUT2D eigenvalue weighted by Crippen LogP contribution is -1.90. The average Bonchev–Trinajstić information content (AvgIpc) is 2.07. The Balaban J connectivity index is 2.74. The van der Waals surface area contributed by atoms with Crippen molar-refractivity contribution < 1.29 is 4.39 Å². The van der Waals surface area contributed by atoms with Crippen LogP contribution in [0.1, 0.15) is 11.3 Å². The van der Waals surface area contributed by atoms with Gasteiger partial charge >= 0.3 is 0 Å². The maximum Gasteiger partial charge on any atom is 0.0949 e. The molecule has 1 rings (SSSR count). The molecule has 1 nitrogen and oxygen atoms in total. The van der Waals surface area contributed by atoms with Crippen LogP contribution >= 0.6 is 0 Å². The third-order valence-electron chi connectivity index (χ3n) is 1.43. The number of hydrogen-bond donors (Lipinski definition) is 0. The zero-order chi connectivity index (χ0) is 8.10. The van der Waals surface area contributed by atoms with Crippen LogP contribution in [-0.4, -0.2) is 11.7 Å². The number of aromatic nitrogens is 1. The van der Waals surface area contributed by atoms with Crippen molar-refractivity contribution in [3.8, 4) is 0 Å². The molecule has 0 spiro atoms. The van der Waals surface area contributed by atoms with E-state index < -0.39 is 0 Å². The highest BCUT2D eigenvalue weighted by molar-refractivity contribution is 5.44. The Morgan fingerprint density at radius 1 is 1.55 bits per heavy atom. The van der Waals surface area contributed by atoms with Crippen LogP contribution in [0.15, 0.2) is 24.9 Å². The molecule has 0 unspecified atom stereocenters.